The molecule has 0 saturated carbocycles. The van der Waals surface area contributed by atoms with E-state index >= 15 is 0 Å². The predicted octanol–water partition coefficient (Wildman–Crippen LogP) is 2.51. The molecule has 1 atom stereocenters. The molecule has 1 aromatic rings. The van der Waals surface area contributed by atoms with Crippen molar-refractivity contribution < 1.29 is 9.63 Å². The number of nitrogens with zero attached hydrogens (tertiary/aromatic N) is 1. The topological polar surface area (TPSA) is 29.5 Å². The fourth-order valence-electron chi connectivity index (χ4n) is 2.11. The molecule has 0 N–H and O–H groups in total. The van der Waals surface area contributed by atoms with Gasteiger partial charge in [-0.2, -0.15) is 0 Å². The van der Waals surface area contributed by atoms with Gasteiger partial charge < -0.3 is 0 Å². The normalized spacial score (nSPS) is 19.3. The number of hydroxylamine groups is 2. The highest BCUT2D eigenvalue weighted by Crippen LogP contribution is 2.33. The second kappa shape index (κ2) is 4.55. The number of thiophene rings is 1. The molecule has 0 radical (unpaired) electrons. The number of carbonyl (C=O) groups excluding carboxylic acids is 1. The quantitative estimate of drug-likeness (QED) is 0.742. The van der Waals surface area contributed by atoms with Gasteiger partial charge in [0.2, 0.25) is 0 Å². The summed E-state index contributed by atoms with van der Waals surface area (Å²) in [6.07, 6.45) is 3.32. The van der Waals surface area contributed by atoms with E-state index in [0.717, 1.165) is 24.3 Å². The molecular formula is C12H17NO2S. The van der Waals surface area contributed by atoms with Gasteiger partial charge in [-0.05, 0) is 30.7 Å². The van der Waals surface area contributed by atoms with E-state index in [1.54, 1.807) is 18.4 Å². The third-order valence-corrected chi connectivity index (χ3v) is 4.24. The molecule has 16 heavy (non-hydrogen) atoms. The van der Waals surface area contributed by atoms with Crippen LogP contribution in [0.5, 0.6) is 0 Å². The van der Waals surface area contributed by atoms with Crippen molar-refractivity contribution in [3.8, 4) is 0 Å². The number of rotatable bonds is 2. The van der Waals surface area contributed by atoms with Gasteiger partial charge in [-0.25, -0.2) is 5.06 Å². The van der Waals surface area contributed by atoms with Gasteiger partial charge >= 0.3 is 0 Å². The molecule has 1 aliphatic rings. The highest BCUT2D eigenvalue weighted by Gasteiger charge is 2.24. The lowest BCUT2D eigenvalue weighted by atomic mass is 9.88. The number of hydrogen-bond donors (Lipinski definition) is 0. The van der Waals surface area contributed by atoms with Gasteiger partial charge in [0, 0.05) is 17.3 Å². The van der Waals surface area contributed by atoms with E-state index in [2.05, 4.69) is 6.92 Å². The number of amides is 1. The average Bonchev–Trinajstić information content (AvgIpc) is 2.69. The summed E-state index contributed by atoms with van der Waals surface area (Å²) in [6, 6.07) is 0. The Hall–Kier alpha value is -0.870. The third-order valence-electron chi connectivity index (χ3n) is 3.19. The van der Waals surface area contributed by atoms with E-state index in [1.807, 2.05) is 5.38 Å². The van der Waals surface area contributed by atoms with Crippen molar-refractivity contribution >= 4 is 17.2 Å². The Kier molecular flexibility index (Phi) is 3.30. The molecule has 0 spiro atoms. The summed E-state index contributed by atoms with van der Waals surface area (Å²) in [5.41, 5.74) is 2.08. The standard InChI is InChI=1S/C12H17NO2S/c1-8-4-5-9-10(7-16-11(9)6-8)12(14)13(2)15-3/h7-8H,4-6H2,1-3H3. The van der Waals surface area contributed by atoms with Gasteiger partial charge in [0.25, 0.3) is 5.91 Å². The predicted molar refractivity (Wildman–Crippen MR) is 64.6 cm³/mol. The molecule has 1 amide bonds. The zero-order chi connectivity index (χ0) is 11.7. The largest absolute Gasteiger partial charge is 0.278 e. The maximum Gasteiger partial charge on any atom is 0.278 e. The molecule has 0 fully saturated rings. The summed E-state index contributed by atoms with van der Waals surface area (Å²) < 4.78 is 0. The van der Waals surface area contributed by atoms with Crippen LogP contribution in [0.25, 0.3) is 0 Å². The minimum absolute atomic E-state index is 0.0328. The summed E-state index contributed by atoms with van der Waals surface area (Å²) in [6.45, 7) is 2.27. The Morgan fingerprint density at radius 2 is 2.38 bits per heavy atom. The molecule has 0 aromatic carbocycles. The zero-order valence-electron chi connectivity index (χ0n) is 9.95. The second-order valence-electron chi connectivity index (χ2n) is 4.38. The SMILES string of the molecule is CON(C)C(=O)c1csc2c1CCC(C)C2. The second-order valence-corrected chi connectivity index (χ2v) is 5.35. The van der Waals surface area contributed by atoms with Crippen LogP contribution >= 0.6 is 11.3 Å². The molecular weight excluding hydrogens is 222 g/mol. The molecule has 1 aliphatic carbocycles. The van der Waals surface area contributed by atoms with Gasteiger partial charge in [0.05, 0.1) is 12.7 Å². The lowest BCUT2D eigenvalue weighted by Crippen LogP contribution is -2.26. The van der Waals surface area contributed by atoms with Crippen LogP contribution in [0.15, 0.2) is 5.38 Å². The van der Waals surface area contributed by atoms with Crippen LogP contribution in [0, 0.1) is 5.92 Å². The van der Waals surface area contributed by atoms with E-state index < -0.39 is 0 Å². The molecule has 1 heterocycles. The van der Waals surface area contributed by atoms with Crippen LogP contribution in [0.2, 0.25) is 0 Å². The van der Waals surface area contributed by atoms with Crippen LogP contribution in [0.4, 0.5) is 0 Å². The molecule has 2 rings (SSSR count). The number of fused-ring (bicyclic) bond motifs is 1. The first-order valence-electron chi connectivity index (χ1n) is 5.55. The summed E-state index contributed by atoms with van der Waals surface area (Å²) >= 11 is 1.71. The minimum Gasteiger partial charge on any atom is -0.274 e. The maximum atomic E-state index is 12.0. The first-order valence-corrected chi connectivity index (χ1v) is 6.42. The molecule has 1 aromatic heterocycles. The van der Waals surface area contributed by atoms with Crippen LogP contribution < -0.4 is 0 Å². The minimum atomic E-state index is -0.0328. The monoisotopic (exact) mass is 239 g/mol. The van der Waals surface area contributed by atoms with Gasteiger partial charge in [-0.3, -0.25) is 9.63 Å². The lowest BCUT2D eigenvalue weighted by Gasteiger charge is -2.20. The molecule has 4 heteroatoms. The molecule has 88 valence electrons. The van der Waals surface area contributed by atoms with Crippen molar-refractivity contribution in [1.82, 2.24) is 5.06 Å². The van der Waals surface area contributed by atoms with E-state index in [-0.39, 0.29) is 5.91 Å². The molecule has 1 unspecified atom stereocenters. The summed E-state index contributed by atoms with van der Waals surface area (Å²) in [4.78, 5) is 18.3. The van der Waals surface area contributed by atoms with Crippen LogP contribution in [0.1, 0.15) is 34.1 Å². The number of hydrogen-bond acceptors (Lipinski definition) is 3. The van der Waals surface area contributed by atoms with Gasteiger partial charge in [-0.15, -0.1) is 11.3 Å². The molecule has 0 saturated heterocycles. The van der Waals surface area contributed by atoms with Crippen LogP contribution in [-0.4, -0.2) is 25.1 Å². The smallest absolute Gasteiger partial charge is 0.274 e. The molecule has 3 nitrogen and oxygen atoms in total. The van der Waals surface area contributed by atoms with E-state index in [4.69, 9.17) is 4.84 Å². The van der Waals surface area contributed by atoms with E-state index in [1.165, 1.54) is 29.0 Å². The highest BCUT2D eigenvalue weighted by molar-refractivity contribution is 7.10. The summed E-state index contributed by atoms with van der Waals surface area (Å²) in [5.74, 6) is 0.712. The Bertz CT molecular complexity index is 400. The van der Waals surface area contributed by atoms with Gasteiger partial charge in [0.15, 0.2) is 0 Å². The first-order chi connectivity index (χ1) is 7.63. The van der Waals surface area contributed by atoms with Crippen molar-refractivity contribution in [3.63, 3.8) is 0 Å². The highest BCUT2D eigenvalue weighted by atomic mass is 32.1. The first kappa shape index (κ1) is 11.6. The lowest BCUT2D eigenvalue weighted by molar-refractivity contribution is -0.0757. The van der Waals surface area contributed by atoms with Crippen molar-refractivity contribution in [2.24, 2.45) is 5.92 Å². The van der Waals surface area contributed by atoms with E-state index in [9.17, 15) is 4.79 Å². The van der Waals surface area contributed by atoms with Crippen molar-refractivity contribution in [2.75, 3.05) is 14.2 Å². The number of carbonyl (C=O) groups is 1. The average molecular weight is 239 g/mol. The van der Waals surface area contributed by atoms with Crippen molar-refractivity contribution in [3.05, 3.63) is 21.4 Å². The Morgan fingerprint density at radius 1 is 1.62 bits per heavy atom. The zero-order valence-corrected chi connectivity index (χ0v) is 10.8. The maximum absolute atomic E-state index is 12.0. The van der Waals surface area contributed by atoms with Crippen molar-refractivity contribution in [2.45, 2.75) is 26.2 Å². The fourth-order valence-corrected chi connectivity index (χ4v) is 3.35. The van der Waals surface area contributed by atoms with Gasteiger partial charge in [0.1, 0.15) is 0 Å². The Morgan fingerprint density at radius 3 is 3.06 bits per heavy atom. The third kappa shape index (κ3) is 1.99. The van der Waals surface area contributed by atoms with E-state index in [0.29, 0.717) is 0 Å². The Labute approximate surface area is 100.0 Å². The molecule has 0 aliphatic heterocycles. The van der Waals surface area contributed by atoms with Crippen LogP contribution in [-0.2, 0) is 17.7 Å². The van der Waals surface area contributed by atoms with Crippen molar-refractivity contribution in [1.29, 1.82) is 0 Å². The summed E-state index contributed by atoms with van der Waals surface area (Å²) in [7, 11) is 3.16. The fraction of sp³-hybridized carbons (Fsp3) is 0.583. The Balaban J connectivity index is 2.27. The molecule has 0 bridgehead atoms. The van der Waals surface area contributed by atoms with Gasteiger partial charge in [-0.1, -0.05) is 6.92 Å². The summed E-state index contributed by atoms with van der Waals surface area (Å²) in [5, 5.41) is 3.26. The van der Waals surface area contributed by atoms with Crippen LogP contribution in [0.3, 0.4) is 0 Å².